The predicted octanol–water partition coefficient (Wildman–Crippen LogP) is 2.95. The number of carbonyl (C=O) groups is 2. The lowest BCUT2D eigenvalue weighted by Gasteiger charge is -2.35. The van der Waals surface area contributed by atoms with Crippen LogP contribution in [0.15, 0.2) is 60.9 Å². The Bertz CT molecular complexity index is 1480. The molecule has 0 unspecified atom stereocenters. The molecule has 0 aliphatic carbocycles. The van der Waals surface area contributed by atoms with Crippen molar-refractivity contribution in [1.29, 1.82) is 0 Å². The minimum absolute atomic E-state index is 0.00461. The third-order valence-corrected chi connectivity index (χ3v) is 6.15. The van der Waals surface area contributed by atoms with Crippen LogP contribution in [-0.2, 0) is 12.7 Å². The van der Waals surface area contributed by atoms with Crippen LogP contribution in [0.25, 0.3) is 10.9 Å². The summed E-state index contributed by atoms with van der Waals surface area (Å²) in [7, 11) is 0. The number of nitrogens with zero attached hydrogens (tertiary/aromatic N) is 6. The van der Waals surface area contributed by atoms with Gasteiger partial charge in [0.05, 0.1) is 12.1 Å². The van der Waals surface area contributed by atoms with Gasteiger partial charge in [-0.15, -0.1) is 0 Å². The number of aromatic nitrogens is 4. The van der Waals surface area contributed by atoms with Gasteiger partial charge in [0.1, 0.15) is 11.2 Å². The molecule has 12 heteroatoms. The molecule has 2 amide bonds. The van der Waals surface area contributed by atoms with Crippen molar-refractivity contribution >= 4 is 28.7 Å². The standard InChI is InChI=1S/C25H22F3N7O2/c26-25(27,28)20-7-8-30-24(31-20)34-11-9-33(10-12-34)23(37)17-4-1-3-16(13-17)14-35-15-18-5-2-6-19(22(29)36)21(18)32-35/h1-8,13,15H,9-12,14H2,(H2,29,36). The fourth-order valence-corrected chi connectivity index (χ4v) is 4.32. The van der Waals surface area contributed by atoms with Crippen molar-refractivity contribution in [1.82, 2.24) is 24.6 Å². The van der Waals surface area contributed by atoms with Crippen LogP contribution < -0.4 is 10.6 Å². The van der Waals surface area contributed by atoms with Crippen LogP contribution in [0.4, 0.5) is 19.1 Å². The van der Waals surface area contributed by atoms with Crippen molar-refractivity contribution in [2.45, 2.75) is 12.7 Å². The van der Waals surface area contributed by atoms with Gasteiger partial charge in [-0.1, -0.05) is 24.3 Å². The molecule has 0 radical (unpaired) electrons. The molecule has 3 heterocycles. The molecule has 1 fully saturated rings. The van der Waals surface area contributed by atoms with Crippen LogP contribution in [0.5, 0.6) is 0 Å². The zero-order valence-electron chi connectivity index (χ0n) is 19.5. The minimum Gasteiger partial charge on any atom is -0.366 e. The highest BCUT2D eigenvalue weighted by Gasteiger charge is 2.33. The minimum atomic E-state index is -4.55. The molecule has 5 rings (SSSR count). The third-order valence-electron chi connectivity index (χ3n) is 6.15. The van der Waals surface area contributed by atoms with E-state index in [0.29, 0.717) is 49.4 Å². The zero-order valence-corrected chi connectivity index (χ0v) is 19.5. The third kappa shape index (κ3) is 5.08. The molecule has 9 nitrogen and oxygen atoms in total. The topological polar surface area (TPSA) is 110 Å². The molecule has 0 bridgehead atoms. The maximum Gasteiger partial charge on any atom is 0.433 e. The number of anilines is 1. The second kappa shape index (κ2) is 9.52. The first kappa shape index (κ1) is 24.2. The van der Waals surface area contributed by atoms with Crippen molar-refractivity contribution in [3.05, 3.63) is 83.3 Å². The van der Waals surface area contributed by atoms with E-state index in [1.807, 2.05) is 18.3 Å². The van der Waals surface area contributed by atoms with Gasteiger partial charge in [0.15, 0.2) is 0 Å². The van der Waals surface area contributed by atoms with E-state index >= 15 is 0 Å². The summed E-state index contributed by atoms with van der Waals surface area (Å²) in [5.74, 6) is -0.730. The van der Waals surface area contributed by atoms with Crippen LogP contribution in [0, 0.1) is 0 Å². The molecule has 4 aromatic rings. The molecule has 37 heavy (non-hydrogen) atoms. The number of rotatable bonds is 5. The van der Waals surface area contributed by atoms with Crippen LogP contribution in [0.3, 0.4) is 0 Å². The monoisotopic (exact) mass is 509 g/mol. The maximum absolute atomic E-state index is 13.1. The normalized spacial score (nSPS) is 14.2. The molecule has 0 saturated carbocycles. The van der Waals surface area contributed by atoms with Gasteiger partial charge in [-0.05, 0) is 29.8 Å². The molecule has 1 aliphatic heterocycles. The van der Waals surface area contributed by atoms with Gasteiger partial charge in [-0.2, -0.15) is 18.3 Å². The van der Waals surface area contributed by atoms with Crippen LogP contribution in [-0.4, -0.2) is 62.6 Å². The van der Waals surface area contributed by atoms with Crippen LogP contribution in [0.1, 0.15) is 32.0 Å². The highest BCUT2D eigenvalue weighted by Crippen LogP contribution is 2.28. The van der Waals surface area contributed by atoms with E-state index in [1.54, 1.807) is 44.8 Å². The first-order valence-electron chi connectivity index (χ1n) is 11.5. The molecular weight excluding hydrogens is 487 g/mol. The van der Waals surface area contributed by atoms with E-state index in [2.05, 4.69) is 15.1 Å². The van der Waals surface area contributed by atoms with Gasteiger partial charge < -0.3 is 15.5 Å². The molecule has 2 aromatic heterocycles. The lowest BCUT2D eigenvalue weighted by atomic mass is 10.1. The summed E-state index contributed by atoms with van der Waals surface area (Å²) in [6.07, 6.45) is -1.65. The van der Waals surface area contributed by atoms with Gasteiger partial charge in [-0.3, -0.25) is 14.3 Å². The Labute approximate surface area is 209 Å². The number of hydrogen-bond acceptors (Lipinski definition) is 6. The Hall–Kier alpha value is -4.48. The number of hydrogen-bond donors (Lipinski definition) is 1. The lowest BCUT2D eigenvalue weighted by molar-refractivity contribution is -0.141. The highest BCUT2D eigenvalue weighted by molar-refractivity contribution is 6.04. The van der Waals surface area contributed by atoms with Gasteiger partial charge in [0.2, 0.25) is 5.95 Å². The van der Waals surface area contributed by atoms with Crippen molar-refractivity contribution in [3.8, 4) is 0 Å². The fourth-order valence-electron chi connectivity index (χ4n) is 4.32. The Kier molecular flexibility index (Phi) is 6.24. The van der Waals surface area contributed by atoms with Gasteiger partial charge in [-0.25, -0.2) is 9.97 Å². The second-order valence-corrected chi connectivity index (χ2v) is 8.65. The first-order chi connectivity index (χ1) is 17.7. The van der Waals surface area contributed by atoms with E-state index in [-0.39, 0.29) is 11.9 Å². The van der Waals surface area contributed by atoms with E-state index in [9.17, 15) is 22.8 Å². The fraction of sp³-hybridized carbons (Fsp3) is 0.240. The lowest BCUT2D eigenvalue weighted by Crippen LogP contribution is -2.49. The number of halogens is 3. The molecule has 1 aliphatic rings. The second-order valence-electron chi connectivity index (χ2n) is 8.65. The Morgan fingerprint density at radius 3 is 2.49 bits per heavy atom. The molecule has 1 saturated heterocycles. The quantitative estimate of drug-likeness (QED) is 0.443. The summed E-state index contributed by atoms with van der Waals surface area (Å²) in [6, 6.07) is 13.2. The Morgan fingerprint density at radius 1 is 1.00 bits per heavy atom. The van der Waals surface area contributed by atoms with Gasteiger partial charge >= 0.3 is 6.18 Å². The number of nitrogens with two attached hydrogens (primary N) is 1. The summed E-state index contributed by atoms with van der Waals surface area (Å²) in [4.78, 5) is 35.7. The SMILES string of the molecule is NC(=O)c1cccc2cn(Cc3cccc(C(=O)N4CCN(c5nccc(C(F)(F)F)n5)CC4)c3)nc12. The van der Waals surface area contributed by atoms with E-state index in [1.165, 1.54) is 0 Å². The Morgan fingerprint density at radius 2 is 1.76 bits per heavy atom. The predicted molar refractivity (Wildman–Crippen MR) is 129 cm³/mol. The summed E-state index contributed by atoms with van der Waals surface area (Å²) >= 11 is 0. The van der Waals surface area contributed by atoms with Crippen LogP contribution >= 0.6 is 0 Å². The summed E-state index contributed by atoms with van der Waals surface area (Å²) in [6.45, 7) is 1.66. The average Bonchev–Trinajstić information content (AvgIpc) is 3.30. The number of primary amides is 1. The molecule has 2 N–H and O–H groups in total. The smallest absolute Gasteiger partial charge is 0.366 e. The average molecular weight is 509 g/mol. The van der Waals surface area contributed by atoms with Gasteiger partial charge in [0, 0.05) is 49.5 Å². The largest absolute Gasteiger partial charge is 0.433 e. The molecular formula is C25H22F3N7O2. The maximum atomic E-state index is 13.1. The van der Waals surface area contributed by atoms with Crippen LogP contribution in [0.2, 0.25) is 0 Å². The highest BCUT2D eigenvalue weighted by atomic mass is 19.4. The number of fused-ring (bicyclic) bond motifs is 1. The molecule has 2 aromatic carbocycles. The van der Waals surface area contributed by atoms with E-state index < -0.39 is 17.8 Å². The Balaban J connectivity index is 1.26. The number of carbonyl (C=O) groups excluding carboxylic acids is 2. The molecule has 190 valence electrons. The number of amides is 2. The number of benzene rings is 2. The zero-order chi connectivity index (χ0) is 26.2. The van der Waals surface area contributed by atoms with E-state index in [4.69, 9.17) is 5.73 Å². The summed E-state index contributed by atoms with van der Waals surface area (Å²) < 4.78 is 40.6. The number of alkyl halides is 3. The molecule has 0 atom stereocenters. The molecule has 0 spiro atoms. The summed E-state index contributed by atoms with van der Waals surface area (Å²) in [5.41, 5.74) is 6.65. The van der Waals surface area contributed by atoms with Gasteiger partial charge in [0.25, 0.3) is 11.8 Å². The van der Waals surface area contributed by atoms with Crippen molar-refractivity contribution in [3.63, 3.8) is 0 Å². The van der Waals surface area contributed by atoms with Crippen molar-refractivity contribution < 1.29 is 22.8 Å². The van der Waals surface area contributed by atoms with Crippen molar-refractivity contribution in [2.24, 2.45) is 5.73 Å². The first-order valence-corrected chi connectivity index (χ1v) is 11.5. The summed E-state index contributed by atoms with van der Waals surface area (Å²) in [5, 5.41) is 5.27. The van der Waals surface area contributed by atoms with E-state index in [0.717, 1.165) is 23.2 Å². The number of piperazine rings is 1. The van der Waals surface area contributed by atoms with Crippen molar-refractivity contribution in [2.75, 3.05) is 31.1 Å².